The van der Waals surface area contributed by atoms with E-state index in [1.165, 1.54) is 12.1 Å². The second-order valence-electron chi connectivity index (χ2n) is 6.66. The molecule has 0 fully saturated rings. The standard InChI is InChI=1S/C20H21ClFNO3.ClH/c1-23(12-19(24)25)10-2-9-20(15-3-5-16(21)6-4-15)18-8-7-17(22)11-14(18)13-26-20;/h3-8,11H,2,9-10,12-13H2,1H3,(H,24,25);1H. The van der Waals surface area contributed by atoms with Gasteiger partial charge in [0.1, 0.15) is 11.4 Å². The van der Waals surface area contributed by atoms with Crippen LogP contribution in [0.4, 0.5) is 4.39 Å². The van der Waals surface area contributed by atoms with Crippen molar-refractivity contribution in [1.29, 1.82) is 0 Å². The van der Waals surface area contributed by atoms with Crippen LogP contribution in [0.2, 0.25) is 5.02 Å². The maximum absolute atomic E-state index is 13.6. The summed E-state index contributed by atoms with van der Waals surface area (Å²) in [6, 6.07) is 12.3. The molecule has 1 N–H and O–H groups in total. The number of halogens is 3. The van der Waals surface area contributed by atoms with Gasteiger partial charge in [-0.2, -0.15) is 0 Å². The molecule has 0 aromatic heterocycles. The Balaban J connectivity index is 0.00000261. The number of carboxylic acids is 1. The number of rotatable bonds is 7. The van der Waals surface area contributed by atoms with Crippen molar-refractivity contribution in [1.82, 2.24) is 4.90 Å². The van der Waals surface area contributed by atoms with E-state index >= 15 is 0 Å². The molecule has 0 spiro atoms. The Hall–Kier alpha value is -1.66. The van der Waals surface area contributed by atoms with Crippen LogP contribution >= 0.6 is 24.0 Å². The van der Waals surface area contributed by atoms with Gasteiger partial charge in [-0.05, 0) is 67.4 Å². The van der Waals surface area contributed by atoms with Crippen LogP contribution in [0.25, 0.3) is 0 Å². The Morgan fingerprint density at radius 2 is 2.00 bits per heavy atom. The summed E-state index contributed by atoms with van der Waals surface area (Å²) >= 11 is 6.03. The maximum atomic E-state index is 13.6. The van der Waals surface area contributed by atoms with Gasteiger partial charge in [0.2, 0.25) is 0 Å². The molecule has 0 saturated heterocycles. The van der Waals surface area contributed by atoms with E-state index in [1.54, 1.807) is 18.0 Å². The number of carboxylic acid groups (broad SMARTS) is 1. The molecule has 2 aromatic carbocycles. The highest BCUT2D eigenvalue weighted by Gasteiger charge is 2.41. The van der Waals surface area contributed by atoms with Crippen LogP contribution in [-0.4, -0.2) is 36.1 Å². The summed E-state index contributed by atoms with van der Waals surface area (Å²) in [5.41, 5.74) is 2.10. The van der Waals surface area contributed by atoms with Gasteiger partial charge in [0.25, 0.3) is 0 Å². The van der Waals surface area contributed by atoms with Crippen LogP contribution in [0.3, 0.4) is 0 Å². The molecule has 0 saturated carbocycles. The summed E-state index contributed by atoms with van der Waals surface area (Å²) < 4.78 is 19.8. The van der Waals surface area contributed by atoms with Crippen molar-refractivity contribution in [2.24, 2.45) is 0 Å². The molecular formula is C20H22Cl2FNO3. The van der Waals surface area contributed by atoms with E-state index in [4.69, 9.17) is 21.4 Å². The van der Waals surface area contributed by atoms with Crippen LogP contribution in [0.5, 0.6) is 0 Å². The molecular weight excluding hydrogens is 392 g/mol. The summed E-state index contributed by atoms with van der Waals surface area (Å²) in [6.45, 7) is 0.971. The first-order valence-electron chi connectivity index (χ1n) is 8.50. The fourth-order valence-electron chi connectivity index (χ4n) is 3.57. The first-order valence-corrected chi connectivity index (χ1v) is 8.88. The van der Waals surface area contributed by atoms with Crippen LogP contribution < -0.4 is 0 Å². The quantitative estimate of drug-likeness (QED) is 0.727. The molecule has 1 unspecified atom stereocenters. The molecule has 4 nitrogen and oxygen atoms in total. The van der Waals surface area contributed by atoms with E-state index in [2.05, 4.69) is 0 Å². The molecule has 1 heterocycles. The Kier molecular flexibility index (Phi) is 7.23. The smallest absolute Gasteiger partial charge is 0.317 e. The molecule has 0 amide bonds. The summed E-state index contributed by atoms with van der Waals surface area (Å²) in [5.74, 6) is -1.13. The van der Waals surface area contributed by atoms with Gasteiger partial charge in [-0.3, -0.25) is 9.69 Å². The predicted octanol–water partition coefficient (Wildman–Crippen LogP) is 4.47. The molecule has 146 valence electrons. The topological polar surface area (TPSA) is 49.8 Å². The SMILES string of the molecule is CN(CCCC1(c2ccc(Cl)cc2)OCc2cc(F)ccc21)CC(=O)O.Cl. The minimum Gasteiger partial charge on any atom is -0.480 e. The fourth-order valence-corrected chi connectivity index (χ4v) is 3.70. The molecule has 0 bridgehead atoms. The third kappa shape index (κ3) is 4.79. The number of nitrogens with zero attached hydrogens (tertiary/aromatic N) is 1. The number of hydrogen-bond donors (Lipinski definition) is 1. The van der Waals surface area contributed by atoms with Crippen LogP contribution in [0.1, 0.15) is 29.5 Å². The second-order valence-corrected chi connectivity index (χ2v) is 7.10. The summed E-state index contributed by atoms with van der Waals surface area (Å²) in [7, 11) is 1.78. The van der Waals surface area contributed by atoms with Crippen molar-refractivity contribution in [3.05, 3.63) is 70.0 Å². The lowest BCUT2D eigenvalue weighted by Crippen LogP contribution is -2.31. The highest BCUT2D eigenvalue weighted by Crippen LogP contribution is 2.45. The largest absolute Gasteiger partial charge is 0.480 e. The normalized spacial score (nSPS) is 18.2. The van der Waals surface area contributed by atoms with Crippen molar-refractivity contribution in [2.75, 3.05) is 20.1 Å². The van der Waals surface area contributed by atoms with Crippen LogP contribution in [0, 0.1) is 5.82 Å². The lowest BCUT2D eigenvalue weighted by Gasteiger charge is -2.31. The van der Waals surface area contributed by atoms with E-state index in [0.29, 0.717) is 24.6 Å². The number of hydrogen-bond acceptors (Lipinski definition) is 3. The summed E-state index contributed by atoms with van der Waals surface area (Å²) in [4.78, 5) is 12.6. The van der Waals surface area contributed by atoms with E-state index in [0.717, 1.165) is 23.1 Å². The number of aliphatic carboxylic acids is 1. The lowest BCUT2D eigenvalue weighted by atomic mass is 9.82. The van der Waals surface area contributed by atoms with Crippen LogP contribution in [0.15, 0.2) is 42.5 Å². The highest BCUT2D eigenvalue weighted by molar-refractivity contribution is 6.30. The minimum atomic E-state index is -0.849. The average molecular weight is 414 g/mol. The average Bonchev–Trinajstić information content (AvgIpc) is 2.93. The van der Waals surface area contributed by atoms with Gasteiger partial charge >= 0.3 is 5.97 Å². The van der Waals surface area contributed by atoms with E-state index in [1.807, 2.05) is 24.3 Å². The van der Waals surface area contributed by atoms with Crippen LogP contribution in [-0.2, 0) is 21.7 Å². The van der Waals surface area contributed by atoms with Gasteiger partial charge < -0.3 is 9.84 Å². The monoisotopic (exact) mass is 413 g/mol. The zero-order valence-corrected chi connectivity index (χ0v) is 16.5. The predicted molar refractivity (Wildman–Crippen MR) is 105 cm³/mol. The number of ether oxygens (including phenoxy) is 1. The number of benzene rings is 2. The molecule has 1 aliphatic rings. The Bertz CT molecular complexity index is 800. The number of carbonyl (C=O) groups is 1. The number of fused-ring (bicyclic) bond motifs is 1. The van der Waals surface area contributed by atoms with Gasteiger partial charge in [-0.25, -0.2) is 4.39 Å². The zero-order valence-electron chi connectivity index (χ0n) is 15.0. The van der Waals surface area contributed by atoms with E-state index < -0.39 is 11.6 Å². The van der Waals surface area contributed by atoms with Crippen molar-refractivity contribution < 1.29 is 19.0 Å². The van der Waals surface area contributed by atoms with Gasteiger partial charge in [0, 0.05) is 5.02 Å². The zero-order chi connectivity index (χ0) is 18.7. The minimum absolute atomic E-state index is 0. The molecule has 7 heteroatoms. The van der Waals surface area contributed by atoms with Crippen molar-refractivity contribution in [3.63, 3.8) is 0 Å². The molecule has 0 aliphatic carbocycles. The first kappa shape index (κ1) is 21.6. The molecule has 2 aromatic rings. The van der Waals surface area contributed by atoms with Gasteiger partial charge in [-0.15, -0.1) is 12.4 Å². The molecule has 1 atom stereocenters. The Morgan fingerprint density at radius 3 is 2.67 bits per heavy atom. The van der Waals surface area contributed by atoms with Crippen molar-refractivity contribution >= 4 is 30.0 Å². The van der Waals surface area contributed by atoms with E-state index in [9.17, 15) is 9.18 Å². The lowest BCUT2D eigenvalue weighted by molar-refractivity contribution is -0.138. The van der Waals surface area contributed by atoms with Gasteiger partial charge in [0.15, 0.2) is 0 Å². The molecule has 1 aliphatic heterocycles. The first-order chi connectivity index (χ1) is 12.4. The number of likely N-dealkylation sites (N-methyl/N-ethyl adjacent to an activating group) is 1. The van der Waals surface area contributed by atoms with E-state index in [-0.39, 0.29) is 24.8 Å². The highest BCUT2D eigenvalue weighted by atomic mass is 35.5. The van der Waals surface area contributed by atoms with Gasteiger partial charge in [-0.1, -0.05) is 29.8 Å². The van der Waals surface area contributed by atoms with Crippen molar-refractivity contribution in [2.45, 2.75) is 25.0 Å². The Morgan fingerprint density at radius 1 is 1.30 bits per heavy atom. The van der Waals surface area contributed by atoms with Crippen molar-refractivity contribution in [3.8, 4) is 0 Å². The molecule has 27 heavy (non-hydrogen) atoms. The maximum Gasteiger partial charge on any atom is 0.317 e. The Labute approximate surface area is 169 Å². The summed E-state index contributed by atoms with van der Waals surface area (Å²) in [6.07, 6.45) is 1.40. The molecule has 0 radical (unpaired) electrons. The van der Waals surface area contributed by atoms with Gasteiger partial charge in [0.05, 0.1) is 13.2 Å². The fraction of sp³-hybridized carbons (Fsp3) is 0.350. The molecule has 3 rings (SSSR count). The third-order valence-electron chi connectivity index (χ3n) is 4.76. The third-order valence-corrected chi connectivity index (χ3v) is 5.01. The second kappa shape index (κ2) is 9.02. The summed E-state index contributed by atoms with van der Waals surface area (Å²) in [5, 5.41) is 9.53.